The summed E-state index contributed by atoms with van der Waals surface area (Å²) in [6.45, 7) is 9.29. The van der Waals surface area contributed by atoms with Gasteiger partial charge in [0.2, 0.25) is 0 Å². The number of carbonyl (C=O) groups is 1. The molecule has 0 bridgehead atoms. The lowest BCUT2D eigenvalue weighted by molar-refractivity contribution is 0.0797. The maximum atomic E-state index is 12.3. The first-order chi connectivity index (χ1) is 12.5. The Balaban J connectivity index is 1.69. The lowest BCUT2D eigenvalue weighted by atomic mass is 10.1. The minimum atomic E-state index is -0.0494. The monoisotopic (exact) mass is 355 g/mol. The number of aromatic nitrogens is 1. The molecule has 0 N–H and O–H groups in total. The van der Waals surface area contributed by atoms with Crippen LogP contribution >= 0.6 is 0 Å². The molecule has 0 atom stereocenters. The summed E-state index contributed by atoms with van der Waals surface area (Å²) < 4.78 is 6.20. The van der Waals surface area contributed by atoms with Gasteiger partial charge in [0.15, 0.2) is 0 Å². The zero-order valence-electron chi connectivity index (χ0n) is 16.2. The molecule has 2 aromatic rings. The maximum Gasteiger partial charge on any atom is 0.272 e. The van der Waals surface area contributed by atoms with E-state index in [4.69, 9.17) is 4.74 Å². The minimum Gasteiger partial charge on any atom is -0.490 e. The van der Waals surface area contributed by atoms with Gasteiger partial charge in [0.05, 0.1) is 5.52 Å². The number of benzene rings is 1. The van der Waals surface area contributed by atoms with Crippen molar-refractivity contribution in [2.45, 2.75) is 45.8 Å². The highest BCUT2D eigenvalue weighted by Crippen LogP contribution is 2.24. The van der Waals surface area contributed by atoms with Gasteiger partial charge in [-0.25, -0.2) is 4.98 Å². The molecule has 0 spiro atoms. The van der Waals surface area contributed by atoms with Crippen LogP contribution in [0.3, 0.4) is 0 Å². The molecule has 5 nitrogen and oxygen atoms in total. The summed E-state index contributed by atoms with van der Waals surface area (Å²) in [6.07, 6.45) is 2.39. The van der Waals surface area contributed by atoms with Crippen LogP contribution in [-0.4, -0.2) is 59.5 Å². The lowest BCUT2D eigenvalue weighted by Gasteiger charge is -2.34. The maximum absolute atomic E-state index is 12.3. The number of nitrogens with zero attached hydrogens (tertiary/aromatic N) is 3. The Labute approximate surface area is 156 Å². The molecule has 1 aromatic carbocycles. The summed E-state index contributed by atoms with van der Waals surface area (Å²) in [4.78, 5) is 20.9. The van der Waals surface area contributed by atoms with Gasteiger partial charge in [-0.1, -0.05) is 6.07 Å². The van der Waals surface area contributed by atoms with E-state index >= 15 is 0 Å². The van der Waals surface area contributed by atoms with E-state index < -0.39 is 0 Å². The van der Waals surface area contributed by atoms with E-state index in [0.29, 0.717) is 18.3 Å². The van der Waals surface area contributed by atoms with E-state index in [0.717, 1.165) is 42.6 Å². The van der Waals surface area contributed by atoms with Gasteiger partial charge in [-0.3, -0.25) is 4.79 Å². The smallest absolute Gasteiger partial charge is 0.272 e. The fourth-order valence-corrected chi connectivity index (χ4v) is 3.34. The second kappa shape index (κ2) is 8.04. The number of likely N-dealkylation sites (tertiary alicyclic amines) is 1. The largest absolute Gasteiger partial charge is 0.490 e. The van der Waals surface area contributed by atoms with Crippen molar-refractivity contribution in [3.63, 3.8) is 0 Å². The van der Waals surface area contributed by atoms with E-state index in [-0.39, 0.29) is 12.0 Å². The number of carbonyl (C=O) groups excluding carboxylic acids is 1. The molecular formula is C21H29N3O2. The molecule has 26 heavy (non-hydrogen) atoms. The number of amides is 1. The fraction of sp³-hybridized carbons (Fsp3) is 0.524. The van der Waals surface area contributed by atoms with Crippen LogP contribution in [0.25, 0.3) is 10.9 Å². The van der Waals surface area contributed by atoms with Crippen molar-refractivity contribution >= 4 is 16.8 Å². The standard InChI is InChI=1S/C21H29N3O2/c1-5-23(4)21(25)20-8-6-16-14-18(7-9-19(16)22-20)26-17-10-12-24(13-11-17)15(2)3/h6-9,14-15,17H,5,10-13H2,1-4H3. The van der Waals surface area contributed by atoms with Gasteiger partial charge < -0.3 is 14.5 Å². The molecule has 0 unspecified atom stereocenters. The molecule has 0 radical (unpaired) electrons. The third-order valence-electron chi connectivity index (χ3n) is 5.21. The third kappa shape index (κ3) is 4.15. The van der Waals surface area contributed by atoms with Crippen LogP contribution < -0.4 is 4.74 Å². The third-order valence-corrected chi connectivity index (χ3v) is 5.21. The van der Waals surface area contributed by atoms with Crippen molar-refractivity contribution in [3.05, 3.63) is 36.0 Å². The van der Waals surface area contributed by atoms with Crippen molar-refractivity contribution < 1.29 is 9.53 Å². The van der Waals surface area contributed by atoms with Crippen molar-refractivity contribution in [1.29, 1.82) is 0 Å². The van der Waals surface area contributed by atoms with Crippen LogP contribution in [0.1, 0.15) is 44.1 Å². The van der Waals surface area contributed by atoms with E-state index in [1.54, 1.807) is 18.0 Å². The van der Waals surface area contributed by atoms with Crippen LogP contribution in [0.4, 0.5) is 0 Å². The summed E-state index contributed by atoms with van der Waals surface area (Å²) >= 11 is 0. The van der Waals surface area contributed by atoms with Crippen LogP contribution in [-0.2, 0) is 0 Å². The molecule has 1 saturated heterocycles. The highest BCUT2D eigenvalue weighted by atomic mass is 16.5. The van der Waals surface area contributed by atoms with E-state index in [1.807, 2.05) is 31.2 Å². The van der Waals surface area contributed by atoms with Crippen LogP contribution in [0.2, 0.25) is 0 Å². The van der Waals surface area contributed by atoms with Crippen molar-refractivity contribution in [1.82, 2.24) is 14.8 Å². The molecule has 140 valence electrons. The quantitative estimate of drug-likeness (QED) is 0.822. The van der Waals surface area contributed by atoms with Gasteiger partial charge in [0, 0.05) is 38.1 Å². The molecule has 5 heteroatoms. The van der Waals surface area contributed by atoms with Gasteiger partial charge in [-0.05, 0) is 57.9 Å². The Morgan fingerprint density at radius 1 is 1.27 bits per heavy atom. The Kier molecular flexibility index (Phi) is 5.77. The second-order valence-corrected chi connectivity index (χ2v) is 7.32. The SMILES string of the molecule is CCN(C)C(=O)c1ccc2cc(OC3CCN(C(C)C)CC3)ccc2n1. The number of piperidine rings is 1. The summed E-state index contributed by atoms with van der Waals surface area (Å²) in [5.41, 5.74) is 1.30. The van der Waals surface area contributed by atoms with Gasteiger partial charge in [-0.2, -0.15) is 0 Å². The summed E-state index contributed by atoms with van der Waals surface area (Å²) in [5, 5.41) is 0.998. The molecule has 1 aliphatic heterocycles. The van der Waals surface area contributed by atoms with Gasteiger partial charge in [-0.15, -0.1) is 0 Å². The number of pyridine rings is 1. The zero-order chi connectivity index (χ0) is 18.7. The Morgan fingerprint density at radius 2 is 2.00 bits per heavy atom. The number of rotatable bonds is 5. The van der Waals surface area contributed by atoms with E-state index in [2.05, 4.69) is 23.7 Å². The van der Waals surface area contributed by atoms with Crippen LogP contribution in [0, 0.1) is 0 Å². The number of ether oxygens (including phenoxy) is 1. The number of hydrogen-bond acceptors (Lipinski definition) is 4. The first kappa shape index (κ1) is 18.6. The van der Waals surface area contributed by atoms with Crippen LogP contribution in [0.15, 0.2) is 30.3 Å². The number of hydrogen-bond donors (Lipinski definition) is 0. The molecule has 0 saturated carbocycles. The van der Waals surface area contributed by atoms with E-state index in [1.165, 1.54) is 0 Å². The summed E-state index contributed by atoms with van der Waals surface area (Å²) in [7, 11) is 1.79. The second-order valence-electron chi connectivity index (χ2n) is 7.32. The zero-order valence-corrected chi connectivity index (χ0v) is 16.2. The predicted octanol–water partition coefficient (Wildman–Crippen LogP) is 3.58. The Bertz CT molecular complexity index is 767. The topological polar surface area (TPSA) is 45.7 Å². The predicted molar refractivity (Wildman–Crippen MR) is 105 cm³/mol. The highest BCUT2D eigenvalue weighted by Gasteiger charge is 2.22. The normalized spacial score (nSPS) is 16.2. The first-order valence-electron chi connectivity index (χ1n) is 9.55. The number of fused-ring (bicyclic) bond motifs is 1. The molecule has 1 aliphatic rings. The molecule has 2 heterocycles. The molecule has 3 rings (SSSR count). The minimum absolute atomic E-state index is 0.0494. The highest BCUT2D eigenvalue weighted by molar-refractivity contribution is 5.94. The molecular weight excluding hydrogens is 326 g/mol. The first-order valence-corrected chi connectivity index (χ1v) is 9.55. The van der Waals surface area contributed by atoms with Gasteiger partial charge in [0.1, 0.15) is 17.5 Å². The van der Waals surface area contributed by atoms with E-state index in [9.17, 15) is 4.79 Å². The Morgan fingerprint density at radius 3 is 2.65 bits per heavy atom. The molecule has 1 amide bonds. The average Bonchev–Trinajstić information content (AvgIpc) is 2.66. The van der Waals surface area contributed by atoms with Crippen molar-refractivity contribution in [2.24, 2.45) is 0 Å². The van der Waals surface area contributed by atoms with Crippen LogP contribution in [0.5, 0.6) is 5.75 Å². The van der Waals surface area contributed by atoms with Gasteiger partial charge in [0.25, 0.3) is 5.91 Å². The Hall–Kier alpha value is -2.14. The van der Waals surface area contributed by atoms with Crippen molar-refractivity contribution in [2.75, 3.05) is 26.7 Å². The fourth-order valence-electron chi connectivity index (χ4n) is 3.34. The van der Waals surface area contributed by atoms with Gasteiger partial charge >= 0.3 is 0 Å². The molecule has 1 fully saturated rings. The van der Waals surface area contributed by atoms with Crippen molar-refractivity contribution in [3.8, 4) is 5.75 Å². The summed E-state index contributed by atoms with van der Waals surface area (Å²) in [5.74, 6) is 0.832. The lowest BCUT2D eigenvalue weighted by Crippen LogP contribution is -2.41. The average molecular weight is 355 g/mol. The molecule has 1 aromatic heterocycles. The molecule has 0 aliphatic carbocycles. The summed E-state index contributed by atoms with van der Waals surface area (Å²) in [6, 6.07) is 10.3.